The van der Waals surface area contributed by atoms with Crippen LogP contribution in [0.15, 0.2) is 18.2 Å². The van der Waals surface area contributed by atoms with Gasteiger partial charge in [0.1, 0.15) is 5.75 Å². The lowest BCUT2D eigenvalue weighted by atomic mass is 10.2. The molecule has 12 heavy (non-hydrogen) atoms. The maximum atomic E-state index is 5.63. The molecular formula is C9H15NO2. The van der Waals surface area contributed by atoms with Gasteiger partial charge in [-0.2, -0.15) is 0 Å². The van der Waals surface area contributed by atoms with Crippen molar-refractivity contribution in [3.63, 3.8) is 0 Å². The van der Waals surface area contributed by atoms with E-state index in [-0.39, 0.29) is 1.43 Å². The summed E-state index contributed by atoms with van der Waals surface area (Å²) in [6.07, 6.45) is 0. The van der Waals surface area contributed by atoms with Gasteiger partial charge >= 0.3 is 0 Å². The quantitative estimate of drug-likeness (QED) is 0.700. The van der Waals surface area contributed by atoms with Crippen molar-refractivity contribution in [3.8, 4) is 5.75 Å². The summed E-state index contributed by atoms with van der Waals surface area (Å²) in [5, 5.41) is 0. The number of rotatable bonds is 3. The van der Waals surface area contributed by atoms with Crippen LogP contribution in [-0.4, -0.2) is 14.2 Å². The van der Waals surface area contributed by atoms with Crippen LogP contribution in [0, 0.1) is 0 Å². The number of benzene rings is 1. The summed E-state index contributed by atoms with van der Waals surface area (Å²) < 4.78 is 10.0. The lowest BCUT2D eigenvalue weighted by Crippen LogP contribution is -1.94. The smallest absolute Gasteiger partial charge is 0.142 e. The fourth-order valence-electron chi connectivity index (χ4n) is 1.01. The Morgan fingerprint density at radius 1 is 1.42 bits per heavy atom. The van der Waals surface area contributed by atoms with E-state index in [0.717, 1.165) is 5.56 Å². The third-order valence-corrected chi connectivity index (χ3v) is 1.61. The lowest BCUT2D eigenvalue weighted by molar-refractivity contribution is 0.184. The summed E-state index contributed by atoms with van der Waals surface area (Å²) in [7, 11) is 3.26. The maximum absolute atomic E-state index is 5.63. The highest BCUT2D eigenvalue weighted by Gasteiger charge is 1.99. The van der Waals surface area contributed by atoms with Crippen LogP contribution < -0.4 is 10.5 Å². The molecule has 3 heteroatoms. The van der Waals surface area contributed by atoms with Crippen LogP contribution in [0.3, 0.4) is 0 Å². The van der Waals surface area contributed by atoms with Gasteiger partial charge in [0.05, 0.1) is 19.4 Å². The van der Waals surface area contributed by atoms with E-state index in [0.29, 0.717) is 18.0 Å². The molecule has 2 N–H and O–H groups in total. The molecule has 0 saturated heterocycles. The highest BCUT2D eigenvalue weighted by molar-refractivity contribution is 5.53. The lowest BCUT2D eigenvalue weighted by Gasteiger charge is -2.06. The van der Waals surface area contributed by atoms with Gasteiger partial charge < -0.3 is 15.2 Å². The van der Waals surface area contributed by atoms with Crippen LogP contribution in [0.1, 0.15) is 6.99 Å². The third kappa shape index (κ3) is 1.89. The second-order valence-electron chi connectivity index (χ2n) is 2.51. The fourth-order valence-corrected chi connectivity index (χ4v) is 1.01. The van der Waals surface area contributed by atoms with Crippen LogP contribution >= 0.6 is 0 Å². The second kappa shape index (κ2) is 3.97. The summed E-state index contributed by atoms with van der Waals surface area (Å²) in [5.74, 6) is 0.699. The molecule has 3 nitrogen and oxygen atoms in total. The van der Waals surface area contributed by atoms with Gasteiger partial charge in [0, 0.05) is 8.54 Å². The van der Waals surface area contributed by atoms with Gasteiger partial charge in [-0.3, -0.25) is 0 Å². The average Bonchev–Trinajstić information content (AvgIpc) is 2.09. The number of anilines is 1. The van der Waals surface area contributed by atoms with Crippen molar-refractivity contribution in [1.29, 1.82) is 0 Å². The van der Waals surface area contributed by atoms with E-state index in [1.54, 1.807) is 14.2 Å². The zero-order valence-corrected chi connectivity index (χ0v) is 7.33. The number of nitrogen functional groups attached to an aromatic ring is 1. The van der Waals surface area contributed by atoms with Crippen molar-refractivity contribution in [1.82, 2.24) is 0 Å². The summed E-state index contributed by atoms with van der Waals surface area (Å²) in [6.45, 7) is 0.580. The molecule has 0 unspecified atom stereocenters. The Bertz CT molecular complexity index is 266. The first-order chi connectivity index (χ1) is 5.77. The second-order valence-corrected chi connectivity index (χ2v) is 2.51. The summed E-state index contributed by atoms with van der Waals surface area (Å²) in [5.41, 5.74) is 7.34. The molecule has 0 amide bonds. The minimum absolute atomic E-state index is 0. The molecule has 1 aromatic rings. The molecule has 0 saturated carbocycles. The Morgan fingerprint density at radius 3 is 2.75 bits per heavy atom. The molecule has 0 aliphatic heterocycles. The van der Waals surface area contributed by atoms with Gasteiger partial charge in [0.2, 0.25) is 0 Å². The van der Waals surface area contributed by atoms with Crippen LogP contribution in [0.25, 0.3) is 0 Å². The van der Waals surface area contributed by atoms with E-state index >= 15 is 0 Å². The van der Waals surface area contributed by atoms with Crippen molar-refractivity contribution in [3.05, 3.63) is 23.8 Å². The SMILES string of the molecule is COCc1ccc(N)c(OC)c1.[HH]. The molecule has 0 aliphatic rings. The molecular weight excluding hydrogens is 154 g/mol. The molecule has 0 heterocycles. The molecule has 0 atom stereocenters. The number of hydrogen-bond acceptors (Lipinski definition) is 3. The highest BCUT2D eigenvalue weighted by atomic mass is 16.5. The number of nitrogens with two attached hydrogens (primary N) is 1. The van der Waals surface area contributed by atoms with E-state index in [2.05, 4.69) is 0 Å². The van der Waals surface area contributed by atoms with Gasteiger partial charge in [-0.15, -0.1) is 0 Å². The first-order valence-corrected chi connectivity index (χ1v) is 3.69. The topological polar surface area (TPSA) is 44.5 Å². The van der Waals surface area contributed by atoms with Crippen molar-refractivity contribution in [2.24, 2.45) is 0 Å². The van der Waals surface area contributed by atoms with Gasteiger partial charge in [-0.25, -0.2) is 0 Å². The summed E-state index contributed by atoms with van der Waals surface area (Å²) in [6, 6.07) is 5.60. The third-order valence-electron chi connectivity index (χ3n) is 1.61. The van der Waals surface area contributed by atoms with Crippen LogP contribution in [-0.2, 0) is 11.3 Å². The summed E-state index contributed by atoms with van der Waals surface area (Å²) >= 11 is 0. The Balaban J connectivity index is 0.00000144. The molecule has 0 fully saturated rings. The van der Waals surface area contributed by atoms with Gasteiger partial charge in [0.15, 0.2) is 0 Å². The average molecular weight is 169 g/mol. The number of hydrogen-bond donors (Lipinski definition) is 1. The Labute approximate surface area is 73.6 Å². The van der Waals surface area contributed by atoms with Crippen LogP contribution in [0.2, 0.25) is 0 Å². The number of methoxy groups -OCH3 is 2. The molecule has 0 radical (unpaired) electrons. The Morgan fingerprint density at radius 2 is 2.17 bits per heavy atom. The van der Waals surface area contributed by atoms with Crippen LogP contribution in [0.5, 0.6) is 5.75 Å². The Hall–Kier alpha value is -1.22. The van der Waals surface area contributed by atoms with Gasteiger partial charge in [0.25, 0.3) is 0 Å². The Kier molecular flexibility index (Phi) is 2.94. The van der Waals surface area contributed by atoms with Gasteiger partial charge in [-0.1, -0.05) is 6.07 Å². The first-order valence-electron chi connectivity index (χ1n) is 3.69. The standard InChI is InChI=1S/C9H13NO2.H2/c1-11-6-7-3-4-8(10)9(5-7)12-2;/h3-5H,6,10H2,1-2H3;1H. The number of ether oxygens (including phenoxy) is 2. The van der Waals surface area contributed by atoms with Crippen LogP contribution in [0.4, 0.5) is 5.69 Å². The minimum Gasteiger partial charge on any atom is -0.495 e. The molecule has 0 aromatic heterocycles. The molecule has 0 bridgehead atoms. The normalized spacial score (nSPS) is 9.83. The van der Waals surface area contributed by atoms with Crippen molar-refractivity contribution < 1.29 is 10.9 Å². The fraction of sp³-hybridized carbons (Fsp3) is 0.333. The summed E-state index contributed by atoms with van der Waals surface area (Å²) in [4.78, 5) is 0. The molecule has 0 aliphatic carbocycles. The predicted octanol–water partition coefficient (Wildman–Crippen LogP) is 1.67. The van der Waals surface area contributed by atoms with Crippen molar-refractivity contribution in [2.75, 3.05) is 20.0 Å². The van der Waals surface area contributed by atoms with Gasteiger partial charge in [-0.05, 0) is 17.7 Å². The monoisotopic (exact) mass is 169 g/mol. The molecule has 1 rings (SSSR count). The zero-order valence-electron chi connectivity index (χ0n) is 7.33. The first kappa shape index (κ1) is 8.87. The molecule has 0 spiro atoms. The molecule has 1 aromatic carbocycles. The largest absolute Gasteiger partial charge is 0.495 e. The maximum Gasteiger partial charge on any atom is 0.142 e. The highest BCUT2D eigenvalue weighted by Crippen LogP contribution is 2.22. The van der Waals surface area contributed by atoms with E-state index in [9.17, 15) is 0 Å². The van der Waals surface area contributed by atoms with Crippen molar-refractivity contribution >= 4 is 5.69 Å². The van der Waals surface area contributed by atoms with E-state index in [1.165, 1.54) is 0 Å². The molecule has 68 valence electrons. The van der Waals surface area contributed by atoms with E-state index in [4.69, 9.17) is 15.2 Å². The van der Waals surface area contributed by atoms with E-state index in [1.807, 2.05) is 18.2 Å². The minimum atomic E-state index is 0. The predicted molar refractivity (Wildman–Crippen MR) is 50.2 cm³/mol. The van der Waals surface area contributed by atoms with E-state index < -0.39 is 0 Å². The zero-order chi connectivity index (χ0) is 8.97. The van der Waals surface area contributed by atoms with Crippen molar-refractivity contribution in [2.45, 2.75) is 6.61 Å².